The first-order valence-electron chi connectivity index (χ1n) is 9.10. The Balaban J connectivity index is 4.19. The third kappa shape index (κ3) is 9.91. The number of hydrogen-bond acceptors (Lipinski definition) is 4. The second kappa shape index (κ2) is 10.7. The Labute approximate surface area is 148 Å². The van der Waals surface area contributed by atoms with E-state index in [9.17, 15) is 9.59 Å². The highest BCUT2D eigenvalue weighted by Crippen LogP contribution is 2.17. The molecule has 0 fully saturated rings. The largest absolute Gasteiger partial charge is 0.459 e. The summed E-state index contributed by atoms with van der Waals surface area (Å²) >= 11 is 0. The predicted octanol–water partition coefficient (Wildman–Crippen LogP) is 3.32. The Kier molecular flexibility index (Phi) is 10.2. The fourth-order valence-corrected chi connectivity index (χ4v) is 2.68. The maximum absolute atomic E-state index is 12.4. The maximum atomic E-state index is 12.4. The van der Waals surface area contributed by atoms with Gasteiger partial charge < -0.3 is 9.64 Å². The molecule has 24 heavy (non-hydrogen) atoms. The molecule has 0 aliphatic carbocycles. The van der Waals surface area contributed by atoms with Crippen molar-refractivity contribution in [1.29, 1.82) is 0 Å². The van der Waals surface area contributed by atoms with Crippen molar-refractivity contribution in [3.8, 4) is 0 Å². The number of amides is 1. The smallest absolute Gasteiger partial charge is 0.324 e. The van der Waals surface area contributed by atoms with Gasteiger partial charge >= 0.3 is 5.97 Å². The number of unbranched alkanes of at least 4 members (excludes halogenated alkanes) is 3. The van der Waals surface area contributed by atoms with Crippen LogP contribution >= 0.6 is 0 Å². The van der Waals surface area contributed by atoms with Gasteiger partial charge in [-0.15, -0.1) is 0 Å². The number of rotatable bonds is 10. The number of ether oxygens (including phenoxy) is 1. The van der Waals surface area contributed by atoms with Crippen molar-refractivity contribution in [3.05, 3.63) is 0 Å². The summed E-state index contributed by atoms with van der Waals surface area (Å²) in [5, 5.41) is 0. The van der Waals surface area contributed by atoms with Crippen molar-refractivity contribution < 1.29 is 14.3 Å². The quantitative estimate of drug-likeness (QED) is 0.451. The molecule has 0 aromatic rings. The molecular formula is C19H38N2O3. The molecular weight excluding hydrogens is 304 g/mol. The van der Waals surface area contributed by atoms with E-state index in [2.05, 4.69) is 18.7 Å². The second-order valence-electron chi connectivity index (χ2n) is 8.06. The van der Waals surface area contributed by atoms with E-state index in [1.165, 1.54) is 0 Å². The van der Waals surface area contributed by atoms with Crippen LogP contribution in [-0.4, -0.2) is 60.5 Å². The van der Waals surface area contributed by atoms with Crippen LogP contribution in [0.3, 0.4) is 0 Å². The molecule has 0 spiro atoms. The van der Waals surface area contributed by atoms with Crippen molar-refractivity contribution in [1.82, 2.24) is 9.80 Å². The van der Waals surface area contributed by atoms with E-state index in [-0.39, 0.29) is 23.8 Å². The Morgan fingerprint density at radius 3 is 1.88 bits per heavy atom. The summed E-state index contributed by atoms with van der Waals surface area (Å²) in [6.45, 7) is 13.1. The molecule has 0 saturated carbocycles. The number of likely N-dealkylation sites (N-methyl/N-ethyl adjacent to an activating group) is 1. The van der Waals surface area contributed by atoms with Crippen molar-refractivity contribution in [2.45, 2.75) is 78.9 Å². The van der Waals surface area contributed by atoms with E-state index in [1.807, 2.05) is 34.9 Å². The van der Waals surface area contributed by atoms with Crippen LogP contribution in [0.4, 0.5) is 0 Å². The summed E-state index contributed by atoms with van der Waals surface area (Å²) in [6.07, 6.45) is 4.28. The molecule has 0 saturated heterocycles. The van der Waals surface area contributed by atoms with Crippen LogP contribution in [-0.2, 0) is 14.3 Å². The number of hydrogen-bond donors (Lipinski definition) is 0. The maximum Gasteiger partial charge on any atom is 0.324 e. The number of esters is 1. The van der Waals surface area contributed by atoms with Crippen molar-refractivity contribution in [3.63, 3.8) is 0 Å². The Bertz CT molecular complexity index is 389. The lowest BCUT2D eigenvalue weighted by Gasteiger charge is -2.32. The van der Waals surface area contributed by atoms with Gasteiger partial charge in [-0.05, 0) is 53.1 Å². The lowest BCUT2D eigenvalue weighted by molar-refractivity contribution is -0.162. The Morgan fingerprint density at radius 2 is 1.46 bits per heavy atom. The monoisotopic (exact) mass is 342 g/mol. The van der Waals surface area contributed by atoms with E-state index in [0.717, 1.165) is 38.8 Å². The zero-order valence-corrected chi connectivity index (χ0v) is 17.0. The lowest BCUT2D eigenvalue weighted by atomic mass is 10.0. The topological polar surface area (TPSA) is 49.9 Å². The number of carbonyl (C=O) groups excluding carboxylic acids is 2. The van der Waals surface area contributed by atoms with Crippen molar-refractivity contribution in [2.24, 2.45) is 5.92 Å². The minimum absolute atomic E-state index is 0.117. The third-order valence-electron chi connectivity index (χ3n) is 4.05. The first-order chi connectivity index (χ1) is 11.0. The predicted molar refractivity (Wildman–Crippen MR) is 98.9 cm³/mol. The lowest BCUT2D eigenvalue weighted by Crippen LogP contribution is -2.46. The summed E-state index contributed by atoms with van der Waals surface area (Å²) < 4.78 is 5.56. The van der Waals surface area contributed by atoms with Crippen LogP contribution < -0.4 is 0 Å². The summed E-state index contributed by atoms with van der Waals surface area (Å²) in [6, 6.07) is -0.201. The molecule has 0 heterocycles. The van der Waals surface area contributed by atoms with E-state index < -0.39 is 5.60 Å². The summed E-state index contributed by atoms with van der Waals surface area (Å²) in [5.74, 6) is 0.198. The summed E-state index contributed by atoms with van der Waals surface area (Å²) in [5.41, 5.74) is -0.451. The highest BCUT2D eigenvalue weighted by molar-refractivity contribution is 5.76. The fraction of sp³-hybridized carbons (Fsp3) is 0.895. The van der Waals surface area contributed by atoms with Gasteiger partial charge in [-0.25, -0.2) is 0 Å². The zero-order chi connectivity index (χ0) is 18.9. The molecule has 0 aliphatic heterocycles. The van der Waals surface area contributed by atoms with Crippen molar-refractivity contribution >= 4 is 11.9 Å². The molecule has 0 radical (unpaired) electrons. The van der Waals surface area contributed by atoms with Gasteiger partial charge in [0.15, 0.2) is 0 Å². The molecule has 5 heteroatoms. The molecule has 0 rings (SSSR count). The van der Waals surface area contributed by atoms with Gasteiger partial charge in [0.25, 0.3) is 0 Å². The summed E-state index contributed by atoms with van der Waals surface area (Å²) in [4.78, 5) is 27.4. The first kappa shape index (κ1) is 22.9. The van der Waals surface area contributed by atoms with Crippen LogP contribution in [0.1, 0.15) is 67.2 Å². The molecule has 1 amide bonds. The van der Waals surface area contributed by atoms with E-state index >= 15 is 0 Å². The van der Waals surface area contributed by atoms with Crippen LogP contribution in [0, 0.1) is 5.92 Å². The molecule has 0 aromatic heterocycles. The second-order valence-corrected chi connectivity index (χ2v) is 8.06. The minimum atomic E-state index is -0.451. The Morgan fingerprint density at radius 1 is 0.958 bits per heavy atom. The molecule has 0 bridgehead atoms. The third-order valence-corrected chi connectivity index (χ3v) is 4.05. The first-order valence-corrected chi connectivity index (χ1v) is 9.10. The standard InChI is InChI=1S/C19H38N2O3/c1-15(2)17(18(23)24-19(4,5)6)21(8)14-12-10-9-11-13-20(7)16(3)22/h15,17H,9-14H2,1-8H3. The van der Waals surface area contributed by atoms with Gasteiger partial charge in [0.1, 0.15) is 11.6 Å². The van der Waals surface area contributed by atoms with Gasteiger partial charge in [-0.2, -0.15) is 0 Å². The van der Waals surface area contributed by atoms with Gasteiger partial charge in [-0.3, -0.25) is 14.5 Å². The highest BCUT2D eigenvalue weighted by Gasteiger charge is 2.30. The zero-order valence-electron chi connectivity index (χ0n) is 17.0. The fourth-order valence-electron chi connectivity index (χ4n) is 2.68. The highest BCUT2D eigenvalue weighted by atomic mass is 16.6. The van der Waals surface area contributed by atoms with Crippen LogP contribution in [0.5, 0.6) is 0 Å². The van der Waals surface area contributed by atoms with Gasteiger partial charge in [0.05, 0.1) is 0 Å². The minimum Gasteiger partial charge on any atom is -0.459 e. The van der Waals surface area contributed by atoms with Crippen LogP contribution in [0.2, 0.25) is 0 Å². The number of carbonyl (C=O) groups is 2. The van der Waals surface area contributed by atoms with E-state index in [1.54, 1.807) is 11.8 Å². The van der Waals surface area contributed by atoms with Crippen molar-refractivity contribution in [2.75, 3.05) is 27.2 Å². The molecule has 0 aliphatic rings. The van der Waals surface area contributed by atoms with Crippen LogP contribution in [0.25, 0.3) is 0 Å². The van der Waals surface area contributed by atoms with Gasteiger partial charge in [0.2, 0.25) is 5.91 Å². The molecule has 5 nitrogen and oxygen atoms in total. The Hall–Kier alpha value is -1.10. The molecule has 0 aromatic carbocycles. The average Bonchev–Trinajstić information content (AvgIpc) is 2.39. The molecule has 1 atom stereocenters. The average molecular weight is 343 g/mol. The molecule has 142 valence electrons. The number of nitrogens with zero attached hydrogens (tertiary/aromatic N) is 2. The van der Waals surface area contributed by atoms with E-state index in [4.69, 9.17) is 4.74 Å². The molecule has 0 N–H and O–H groups in total. The van der Waals surface area contributed by atoms with Gasteiger partial charge in [-0.1, -0.05) is 26.7 Å². The molecule has 1 unspecified atom stereocenters. The SMILES string of the molecule is CC(=O)N(C)CCCCCCN(C)C(C(=O)OC(C)(C)C)C(C)C. The van der Waals surface area contributed by atoms with E-state index in [0.29, 0.717) is 0 Å². The summed E-state index contributed by atoms with van der Waals surface area (Å²) in [7, 11) is 3.84. The normalized spacial score (nSPS) is 13.2. The van der Waals surface area contributed by atoms with Gasteiger partial charge in [0, 0.05) is 20.5 Å². The van der Waals surface area contributed by atoms with Crippen LogP contribution in [0.15, 0.2) is 0 Å².